The Balaban J connectivity index is 1.98. The van der Waals surface area contributed by atoms with Crippen LogP contribution in [-0.4, -0.2) is 37.3 Å². The Kier molecular flexibility index (Phi) is 6.42. The molecule has 23 heavy (non-hydrogen) atoms. The molecule has 0 bridgehead atoms. The van der Waals surface area contributed by atoms with Gasteiger partial charge in [-0.15, -0.1) is 0 Å². The number of nitrogens with one attached hydrogen (secondary N) is 1. The van der Waals surface area contributed by atoms with Gasteiger partial charge in [-0.25, -0.2) is 0 Å². The SMILES string of the molecule is CCC(CC)(CN)NC(=O)c1cccc(OCC2CCCO2)c1. The zero-order valence-corrected chi connectivity index (χ0v) is 14.1. The molecule has 5 heteroatoms. The van der Waals surface area contributed by atoms with E-state index in [0.29, 0.717) is 24.5 Å². The van der Waals surface area contributed by atoms with Gasteiger partial charge < -0.3 is 20.5 Å². The van der Waals surface area contributed by atoms with Gasteiger partial charge in [0.05, 0.1) is 11.6 Å². The average molecular weight is 320 g/mol. The van der Waals surface area contributed by atoms with Crippen molar-refractivity contribution >= 4 is 5.91 Å². The highest BCUT2D eigenvalue weighted by atomic mass is 16.5. The Morgan fingerprint density at radius 2 is 2.22 bits per heavy atom. The number of carbonyl (C=O) groups is 1. The number of amides is 1. The van der Waals surface area contributed by atoms with Crippen LogP contribution >= 0.6 is 0 Å². The van der Waals surface area contributed by atoms with E-state index in [-0.39, 0.29) is 17.6 Å². The summed E-state index contributed by atoms with van der Waals surface area (Å²) < 4.78 is 11.3. The first-order chi connectivity index (χ1) is 11.1. The van der Waals surface area contributed by atoms with Crippen LogP contribution in [0.3, 0.4) is 0 Å². The third-order valence-electron chi connectivity index (χ3n) is 4.68. The van der Waals surface area contributed by atoms with E-state index in [4.69, 9.17) is 15.2 Å². The highest BCUT2D eigenvalue weighted by molar-refractivity contribution is 5.95. The first-order valence-corrected chi connectivity index (χ1v) is 8.49. The van der Waals surface area contributed by atoms with Gasteiger partial charge >= 0.3 is 0 Å². The topological polar surface area (TPSA) is 73.6 Å². The Labute approximate surface area is 138 Å². The van der Waals surface area contributed by atoms with Gasteiger partial charge in [-0.05, 0) is 43.9 Å². The van der Waals surface area contributed by atoms with Gasteiger partial charge in [-0.2, -0.15) is 0 Å². The highest BCUT2D eigenvalue weighted by Gasteiger charge is 2.26. The number of benzene rings is 1. The number of carbonyl (C=O) groups excluding carboxylic acids is 1. The van der Waals surface area contributed by atoms with Crippen molar-refractivity contribution in [2.75, 3.05) is 19.8 Å². The van der Waals surface area contributed by atoms with Crippen LogP contribution in [-0.2, 0) is 4.74 Å². The molecule has 1 aliphatic rings. The molecule has 5 nitrogen and oxygen atoms in total. The molecule has 1 atom stereocenters. The molecule has 1 unspecified atom stereocenters. The lowest BCUT2D eigenvalue weighted by atomic mass is 9.92. The van der Waals surface area contributed by atoms with Gasteiger partial charge in [0, 0.05) is 18.7 Å². The number of nitrogens with two attached hydrogens (primary N) is 1. The van der Waals surface area contributed by atoms with E-state index in [9.17, 15) is 4.79 Å². The highest BCUT2D eigenvalue weighted by Crippen LogP contribution is 2.19. The lowest BCUT2D eigenvalue weighted by Gasteiger charge is -2.31. The van der Waals surface area contributed by atoms with E-state index in [1.807, 2.05) is 26.0 Å². The molecule has 1 amide bonds. The standard InChI is InChI=1S/C18H28N2O3/c1-3-18(4-2,13-19)20-17(21)14-7-5-8-15(11-14)23-12-16-9-6-10-22-16/h5,7-8,11,16H,3-4,6,9-10,12-13,19H2,1-2H3,(H,20,21). The molecule has 3 N–H and O–H groups in total. The van der Waals surface area contributed by atoms with Crippen molar-refractivity contribution in [3.05, 3.63) is 29.8 Å². The van der Waals surface area contributed by atoms with Crippen molar-refractivity contribution < 1.29 is 14.3 Å². The maximum atomic E-state index is 12.5. The minimum absolute atomic E-state index is 0.110. The van der Waals surface area contributed by atoms with Crippen LogP contribution in [0.25, 0.3) is 0 Å². The van der Waals surface area contributed by atoms with E-state index < -0.39 is 0 Å². The minimum Gasteiger partial charge on any atom is -0.491 e. The number of hydrogen-bond donors (Lipinski definition) is 2. The fourth-order valence-electron chi connectivity index (χ4n) is 2.77. The van der Waals surface area contributed by atoms with Gasteiger partial charge in [0.25, 0.3) is 5.91 Å². The molecule has 0 aliphatic carbocycles. The number of ether oxygens (including phenoxy) is 2. The van der Waals surface area contributed by atoms with Crippen LogP contribution < -0.4 is 15.8 Å². The van der Waals surface area contributed by atoms with Crippen molar-refractivity contribution in [2.24, 2.45) is 5.73 Å². The molecule has 1 aromatic carbocycles. The zero-order chi connectivity index (χ0) is 16.7. The van der Waals surface area contributed by atoms with E-state index in [0.717, 1.165) is 32.3 Å². The molecule has 0 spiro atoms. The molecule has 1 aromatic rings. The Morgan fingerprint density at radius 3 is 2.83 bits per heavy atom. The summed E-state index contributed by atoms with van der Waals surface area (Å²) in [6.45, 7) is 5.85. The van der Waals surface area contributed by atoms with Crippen LogP contribution in [0.4, 0.5) is 0 Å². The molecular weight excluding hydrogens is 292 g/mol. The van der Waals surface area contributed by atoms with Gasteiger partial charge in [0.15, 0.2) is 0 Å². The predicted octanol–water partition coefficient (Wildman–Crippen LogP) is 2.49. The van der Waals surface area contributed by atoms with Crippen LogP contribution in [0.2, 0.25) is 0 Å². The second-order valence-corrected chi connectivity index (χ2v) is 6.12. The fraction of sp³-hybridized carbons (Fsp3) is 0.611. The molecule has 128 valence electrons. The Hall–Kier alpha value is -1.59. The summed E-state index contributed by atoms with van der Waals surface area (Å²) in [5, 5.41) is 3.08. The second kappa shape index (κ2) is 8.31. The summed E-state index contributed by atoms with van der Waals surface area (Å²) in [6.07, 6.45) is 3.90. The maximum Gasteiger partial charge on any atom is 0.251 e. The van der Waals surface area contributed by atoms with Crippen molar-refractivity contribution in [1.29, 1.82) is 0 Å². The predicted molar refractivity (Wildman–Crippen MR) is 90.7 cm³/mol. The van der Waals surface area contributed by atoms with Gasteiger partial charge in [-0.3, -0.25) is 4.79 Å². The summed E-state index contributed by atoms with van der Waals surface area (Å²) in [5.41, 5.74) is 6.10. The summed E-state index contributed by atoms with van der Waals surface area (Å²) >= 11 is 0. The first-order valence-electron chi connectivity index (χ1n) is 8.49. The second-order valence-electron chi connectivity index (χ2n) is 6.12. The van der Waals surface area contributed by atoms with Gasteiger partial charge in [0.1, 0.15) is 12.4 Å². The third kappa shape index (κ3) is 4.69. The van der Waals surface area contributed by atoms with Crippen molar-refractivity contribution in [3.63, 3.8) is 0 Å². The molecule has 0 aromatic heterocycles. The first kappa shape index (κ1) is 17.8. The molecule has 1 saturated heterocycles. The maximum absolute atomic E-state index is 12.5. The van der Waals surface area contributed by atoms with E-state index in [1.165, 1.54) is 0 Å². The van der Waals surface area contributed by atoms with Crippen LogP contribution in [0, 0.1) is 0 Å². The van der Waals surface area contributed by atoms with Crippen molar-refractivity contribution in [3.8, 4) is 5.75 Å². The van der Waals surface area contributed by atoms with Crippen molar-refractivity contribution in [1.82, 2.24) is 5.32 Å². The van der Waals surface area contributed by atoms with E-state index in [1.54, 1.807) is 12.1 Å². The summed E-state index contributed by atoms with van der Waals surface area (Å²) in [6, 6.07) is 7.26. The normalized spacial score (nSPS) is 18.0. The Bertz CT molecular complexity index is 500. The molecule has 0 radical (unpaired) electrons. The summed E-state index contributed by atoms with van der Waals surface area (Å²) in [4.78, 5) is 12.5. The molecular formula is C18H28N2O3. The van der Waals surface area contributed by atoms with Gasteiger partial charge in [-0.1, -0.05) is 19.9 Å². The average Bonchev–Trinajstić information content (AvgIpc) is 3.12. The molecule has 2 rings (SSSR count). The van der Waals surface area contributed by atoms with E-state index in [2.05, 4.69) is 5.32 Å². The monoisotopic (exact) mass is 320 g/mol. The summed E-state index contributed by atoms with van der Waals surface area (Å²) in [5.74, 6) is 0.584. The molecule has 1 aliphatic heterocycles. The number of rotatable bonds is 8. The third-order valence-corrected chi connectivity index (χ3v) is 4.68. The van der Waals surface area contributed by atoms with Crippen LogP contribution in [0.5, 0.6) is 5.75 Å². The molecule has 1 fully saturated rings. The largest absolute Gasteiger partial charge is 0.491 e. The van der Waals surface area contributed by atoms with Crippen molar-refractivity contribution in [2.45, 2.75) is 51.2 Å². The summed E-state index contributed by atoms with van der Waals surface area (Å²) in [7, 11) is 0. The fourth-order valence-corrected chi connectivity index (χ4v) is 2.77. The van der Waals surface area contributed by atoms with Crippen LogP contribution in [0.1, 0.15) is 49.9 Å². The van der Waals surface area contributed by atoms with E-state index >= 15 is 0 Å². The molecule has 1 heterocycles. The van der Waals surface area contributed by atoms with Crippen LogP contribution in [0.15, 0.2) is 24.3 Å². The zero-order valence-electron chi connectivity index (χ0n) is 14.1. The van der Waals surface area contributed by atoms with Gasteiger partial charge in [0.2, 0.25) is 0 Å². The lowest BCUT2D eigenvalue weighted by molar-refractivity contribution is 0.0679. The lowest BCUT2D eigenvalue weighted by Crippen LogP contribution is -2.52. The quantitative estimate of drug-likeness (QED) is 0.772. The number of hydrogen-bond acceptors (Lipinski definition) is 4. The molecule has 0 saturated carbocycles. The Morgan fingerprint density at radius 1 is 1.43 bits per heavy atom. The minimum atomic E-state index is -0.342. The smallest absolute Gasteiger partial charge is 0.251 e.